The van der Waals surface area contributed by atoms with E-state index in [2.05, 4.69) is 20.2 Å². The summed E-state index contributed by atoms with van der Waals surface area (Å²) in [4.78, 5) is 26.6. The second-order valence-corrected chi connectivity index (χ2v) is 7.40. The lowest BCUT2D eigenvalue weighted by atomic mass is 9.98. The zero-order valence-electron chi connectivity index (χ0n) is 15.3. The molecule has 1 amide bonds. The van der Waals surface area contributed by atoms with E-state index in [1.165, 1.54) is 0 Å². The molecule has 5 rings (SSSR count). The lowest BCUT2D eigenvalue weighted by Gasteiger charge is -2.36. The van der Waals surface area contributed by atoms with Crippen molar-refractivity contribution in [3.8, 4) is 0 Å². The third-order valence-corrected chi connectivity index (χ3v) is 5.82. The number of nitrogens with zero attached hydrogens (tertiary/aromatic N) is 6. The van der Waals surface area contributed by atoms with E-state index in [-0.39, 0.29) is 24.4 Å². The first-order chi connectivity index (χ1) is 13.2. The van der Waals surface area contributed by atoms with Gasteiger partial charge in [0.2, 0.25) is 11.9 Å². The Bertz CT molecular complexity index is 863. The predicted octanol–water partition coefficient (Wildman–Crippen LogP) is 0.836. The van der Waals surface area contributed by atoms with Gasteiger partial charge in [0.1, 0.15) is 11.4 Å². The zero-order valence-corrected chi connectivity index (χ0v) is 15.3. The monoisotopic (exact) mass is 370 g/mol. The fourth-order valence-corrected chi connectivity index (χ4v) is 4.41. The number of morpholine rings is 1. The molecule has 0 aliphatic carbocycles. The molecule has 3 aliphatic heterocycles. The van der Waals surface area contributed by atoms with Crippen LogP contribution in [0.1, 0.15) is 41.5 Å². The first-order valence-electron chi connectivity index (χ1n) is 9.48. The summed E-state index contributed by atoms with van der Waals surface area (Å²) >= 11 is 0. The molecular weight excluding hydrogens is 348 g/mol. The van der Waals surface area contributed by atoms with Gasteiger partial charge in [0.05, 0.1) is 31.4 Å². The molecule has 2 aromatic rings. The number of ether oxygens (including phenoxy) is 1. The van der Waals surface area contributed by atoms with E-state index in [4.69, 9.17) is 14.3 Å². The molecule has 0 unspecified atom stereocenters. The molecule has 2 saturated heterocycles. The topological polar surface area (TPSA) is 97.5 Å². The number of anilines is 1. The van der Waals surface area contributed by atoms with Crippen molar-refractivity contribution < 1.29 is 14.2 Å². The normalized spacial score (nSPS) is 24.2. The summed E-state index contributed by atoms with van der Waals surface area (Å²) in [6, 6.07) is 0.257. The Kier molecular flexibility index (Phi) is 4.04. The summed E-state index contributed by atoms with van der Waals surface area (Å²) in [6.07, 6.45) is 4.88. The highest BCUT2D eigenvalue weighted by Gasteiger charge is 2.43. The molecule has 5 heterocycles. The Morgan fingerprint density at radius 2 is 2.11 bits per heavy atom. The van der Waals surface area contributed by atoms with Crippen LogP contribution in [0, 0.1) is 6.92 Å². The van der Waals surface area contributed by atoms with E-state index >= 15 is 0 Å². The summed E-state index contributed by atoms with van der Waals surface area (Å²) in [5, 5.41) is 7.62. The van der Waals surface area contributed by atoms with Crippen LogP contribution in [-0.4, -0.2) is 63.4 Å². The zero-order chi connectivity index (χ0) is 18.4. The molecule has 9 nitrogen and oxygen atoms in total. The van der Waals surface area contributed by atoms with Crippen molar-refractivity contribution in [2.75, 3.05) is 31.2 Å². The lowest BCUT2D eigenvalue weighted by Crippen LogP contribution is -2.43. The minimum absolute atomic E-state index is 0.0603. The van der Waals surface area contributed by atoms with Gasteiger partial charge < -0.3 is 14.5 Å². The van der Waals surface area contributed by atoms with Crippen LogP contribution in [0.2, 0.25) is 0 Å². The molecular formula is C18H22N6O3. The van der Waals surface area contributed by atoms with Gasteiger partial charge in [-0.1, -0.05) is 10.3 Å². The largest absolute Gasteiger partial charge is 0.378 e. The Morgan fingerprint density at radius 1 is 1.26 bits per heavy atom. The van der Waals surface area contributed by atoms with Crippen LogP contribution in [0.4, 0.5) is 5.95 Å². The third kappa shape index (κ3) is 2.86. The van der Waals surface area contributed by atoms with E-state index in [0.29, 0.717) is 24.6 Å². The van der Waals surface area contributed by atoms with Crippen LogP contribution in [0.15, 0.2) is 10.8 Å². The van der Waals surface area contributed by atoms with Gasteiger partial charge in [0.25, 0.3) is 0 Å². The number of aromatic nitrogens is 4. The molecule has 2 bridgehead atoms. The molecule has 27 heavy (non-hydrogen) atoms. The fraction of sp³-hybridized carbons (Fsp3) is 0.611. The van der Waals surface area contributed by atoms with E-state index in [0.717, 1.165) is 49.6 Å². The van der Waals surface area contributed by atoms with E-state index < -0.39 is 0 Å². The van der Waals surface area contributed by atoms with Crippen molar-refractivity contribution in [2.45, 2.75) is 44.7 Å². The summed E-state index contributed by atoms with van der Waals surface area (Å²) < 4.78 is 10.1. The van der Waals surface area contributed by atoms with E-state index in [1.807, 2.05) is 11.1 Å². The summed E-state index contributed by atoms with van der Waals surface area (Å²) in [5.41, 5.74) is 3.46. The number of carbonyl (C=O) groups excluding carboxylic acids is 1. The Balaban J connectivity index is 1.38. The fourth-order valence-electron chi connectivity index (χ4n) is 4.41. The average molecular weight is 370 g/mol. The van der Waals surface area contributed by atoms with Gasteiger partial charge in [0.15, 0.2) is 0 Å². The van der Waals surface area contributed by atoms with Crippen molar-refractivity contribution in [3.63, 3.8) is 0 Å². The highest BCUT2D eigenvalue weighted by Crippen LogP contribution is 2.43. The van der Waals surface area contributed by atoms with Crippen LogP contribution in [0.25, 0.3) is 0 Å². The van der Waals surface area contributed by atoms with Gasteiger partial charge in [0, 0.05) is 37.3 Å². The SMILES string of the molecule is Cc1nonc1CC(=O)N1[C@@H]2CC[C@@H]1c1cnc(N3CCOCC3)nc1C2. The number of rotatable bonds is 3. The molecule has 3 aliphatic rings. The minimum Gasteiger partial charge on any atom is -0.378 e. The number of carbonyl (C=O) groups is 1. The van der Waals surface area contributed by atoms with Crippen LogP contribution in [0.5, 0.6) is 0 Å². The molecule has 0 N–H and O–H groups in total. The molecule has 142 valence electrons. The molecule has 2 fully saturated rings. The van der Waals surface area contributed by atoms with Gasteiger partial charge in [-0.2, -0.15) is 0 Å². The van der Waals surface area contributed by atoms with Crippen LogP contribution < -0.4 is 4.90 Å². The standard InChI is InChI=1S/C18H22N6O3/c1-11-14(22-27-21-11)9-17(25)24-12-2-3-16(24)13-10-19-18(20-15(13)8-12)23-4-6-26-7-5-23/h10,12,16H,2-9H2,1H3/t12-,16-/m1/s1. The van der Waals surface area contributed by atoms with Crippen molar-refractivity contribution in [2.24, 2.45) is 0 Å². The molecule has 0 spiro atoms. The maximum atomic E-state index is 13.0. The Morgan fingerprint density at radius 3 is 2.89 bits per heavy atom. The molecule has 0 radical (unpaired) electrons. The number of hydrogen-bond acceptors (Lipinski definition) is 8. The van der Waals surface area contributed by atoms with Crippen molar-refractivity contribution >= 4 is 11.9 Å². The molecule has 2 aromatic heterocycles. The van der Waals surface area contributed by atoms with E-state index in [9.17, 15) is 4.79 Å². The number of fused-ring (bicyclic) bond motifs is 4. The Hall–Kier alpha value is -2.55. The van der Waals surface area contributed by atoms with Crippen molar-refractivity contribution in [1.29, 1.82) is 0 Å². The predicted molar refractivity (Wildman–Crippen MR) is 94.1 cm³/mol. The molecule has 0 aromatic carbocycles. The lowest BCUT2D eigenvalue weighted by molar-refractivity contribution is -0.134. The molecule has 9 heteroatoms. The van der Waals surface area contributed by atoms with Gasteiger partial charge in [-0.15, -0.1) is 0 Å². The average Bonchev–Trinajstić information content (AvgIpc) is 3.24. The summed E-state index contributed by atoms with van der Waals surface area (Å²) in [7, 11) is 0. The molecule has 2 atom stereocenters. The number of aryl methyl sites for hydroxylation is 1. The second-order valence-electron chi connectivity index (χ2n) is 7.40. The highest BCUT2D eigenvalue weighted by molar-refractivity contribution is 5.80. The smallest absolute Gasteiger partial charge is 0.229 e. The maximum Gasteiger partial charge on any atom is 0.229 e. The highest BCUT2D eigenvalue weighted by atomic mass is 16.6. The van der Waals surface area contributed by atoms with Gasteiger partial charge in [-0.05, 0) is 19.8 Å². The van der Waals surface area contributed by atoms with Crippen molar-refractivity contribution in [1.82, 2.24) is 25.2 Å². The minimum atomic E-state index is 0.0603. The third-order valence-electron chi connectivity index (χ3n) is 5.82. The van der Waals surface area contributed by atoms with Crippen LogP contribution in [-0.2, 0) is 22.4 Å². The second kappa shape index (κ2) is 6.56. The van der Waals surface area contributed by atoms with Gasteiger partial charge in [-0.25, -0.2) is 14.6 Å². The summed E-state index contributed by atoms with van der Waals surface area (Å²) in [6.45, 7) is 4.87. The quantitative estimate of drug-likeness (QED) is 0.784. The Labute approximate surface area is 156 Å². The first kappa shape index (κ1) is 16.6. The van der Waals surface area contributed by atoms with Gasteiger partial charge >= 0.3 is 0 Å². The van der Waals surface area contributed by atoms with Crippen molar-refractivity contribution in [3.05, 3.63) is 28.8 Å². The van der Waals surface area contributed by atoms with Crippen LogP contribution >= 0.6 is 0 Å². The maximum absolute atomic E-state index is 13.0. The molecule has 0 saturated carbocycles. The van der Waals surface area contributed by atoms with Gasteiger partial charge in [-0.3, -0.25) is 4.79 Å². The number of amides is 1. The number of hydrogen-bond donors (Lipinski definition) is 0. The first-order valence-corrected chi connectivity index (χ1v) is 9.48. The van der Waals surface area contributed by atoms with Crippen LogP contribution in [0.3, 0.4) is 0 Å². The van der Waals surface area contributed by atoms with E-state index in [1.54, 1.807) is 6.92 Å². The summed E-state index contributed by atoms with van der Waals surface area (Å²) in [5.74, 6) is 0.852.